The molecule has 0 aliphatic heterocycles. The summed E-state index contributed by atoms with van der Waals surface area (Å²) in [5.74, 6) is -0.465. The van der Waals surface area contributed by atoms with E-state index in [4.69, 9.17) is 10.2 Å². The van der Waals surface area contributed by atoms with Crippen molar-refractivity contribution in [1.82, 2.24) is 5.32 Å². The van der Waals surface area contributed by atoms with Crippen molar-refractivity contribution in [3.8, 4) is 5.75 Å². The lowest BCUT2D eigenvalue weighted by atomic mass is 9.88. The molecule has 16 heavy (non-hydrogen) atoms. The molecule has 0 spiro atoms. The molecule has 1 aromatic carbocycles. The van der Waals surface area contributed by atoms with Gasteiger partial charge in [-0.2, -0.15) is 0 Å². The Bertz CT molecular complexity index is 377. The summed E-state index contributed by atoms with van der Waals surface area (Å²) in [4.78, 5) is 0. The highest BCUT2D eigenvalue weighted by Crippen LogP contribution is 2.25. The molecule has 0 bridgehead atoms. The maximum atomic E-state index is 13.5. The van der Waals surface area contributed by atoms with E-state index in [-0.39, 0.29) is 23.9 Å². The smallest absolute Gasteiger partial charge is 0.131 e. The van der Waals surface area contributed by atoms with Crippen LogP contribution in [0.25, 0.3) is 0 Å². The lowest BCUT2D eigenvalue weighted by Gasteiger charge is -2.34. The number of aromatic hydroxyl groups is 1. The van der Waals surface area contributed by atoms with Crippen molar-refractivity contribution in [3.05, 3.63) is 29.6 Å². The van der Waals surface area contributed by atoms with Crippen LogP contribution >= 0.6 is 0 Å². The van der Waals surface area contributed by atoms with E-state index < -0.39 is 5.82 Å². The SMILES string of the molecule is CC(NC1CC(O)C1)c1ccc(O)cc1F. The Balaban J connectivity index is 2.00. The van der Waals surface area contributed by atoms with Crippen molar-refractivity contribution in [2.75, 3.05) is 0 Å². The van der Waals surface area contributed by atoms with Gasteiger partial charge >= 0.3 is 0 Å². The zero-order valence-electron chi connectivity index (χ0n) is 9.15. The number of benzene rings is 1. The highest BCUT2D eigenvalue weighted by Gasteiger charge is 2.28. The van der Waals surface area contributed by atoms with Crippen molar-refractivity contribution >= 4 is 0 Å². The molecule has 1 aromatic rings. The fourth-order valence-electron chi connectivity index (χ4n) is 2.03. The van der Waals surface area contributed by atoms with Gasteiger partial charge in [0, 0.05) is 23.7 Å². The first-order chi connectivity index (χ1) is 7.56. The Morgan fingerprint density at radius 3 is 2.69 bits per heavy atom. The highest BCUT2D eigenvalue weighted by molar-refractivity contribution is 5.29. The molecule has 0 saturated heterocycles. The van der Waals surface area contributed by atoms with Crippen molar-refractivity contribution in [2.24, 2.45) is 0 Å². The summed E-state index contributed by atoms with van der Waals surface area (Å²) in [6.45, 7) is 1.88. The van der Waals surface area contributed by atoms with Gasteiger partial charge in [0.2, 0.25) is 0 Å². The predicted octanol–water partition coefficient (Wildman–Crippen LogP) is 1.71. The highest BCUT2D eigenvalue weighted by atomic mass is 19.1. The number of phenols is 1. The third kappa shape index (κ3) is 2.33. The third-order valence-corrected chi connectivity index (χ3v) is 3.05. The molecule has 2 rings (SSSR count). The summed E-state index contributed by atoms with van der Waals surface area (Å²) in [5, 5.41) is 21.5. The first-order valence-electron chi connectivity index (χ1n) is 5.49. The average molecular weight is 225 g/mol. The van der Waals surface area contributed by atoms with Crippen LogP contribution < -0.4 is 5.32 Å². The molecule has 0 heterocycles. The van der Waals surface area contributed by atoms with Crippen LogP contribution in [0.1, 0.15) is 31.4 Å². The molecule has 1 unspecified atom stereocenters. The van der Waals surface area contributed by atoms with Crippen LogP contribution in [0.5, 0.6) is 5.75 Å². The molecular formula is C12H16FNO2. The minimum absolute atomic E-state index is 0.0625. The molecule has 1 saturated carbocycles. The summed E-state index contributed by atoms with van der Waals surface area (Å²) in [6.07, 6.45) is 1.24. The van der Waals surface area contributed by atoms with E-state index in [1.807, 2.05) is 6.92 Å². The van der Waals surface area contributed by atoms with E-state index in [1.54, 1.807) is 6.07 Å². The topological polar surface area (TPSA) is 52.5 Å². The van der Waals surface area contributed by atoms with Crippen LogP contribution in [0.2, 0.25) is 0 Å². The number of nitrogens with one attached hydrogen (secondary N) is 1. The summed E-state index contributed by atoms with van der Waals surface area (Å²) < 4.78 is 13.5. The molecule has 4 heteroatoms. The van der Waals surface area contributed by atoms with Gasteiger partial charge in [-0.25, -0.2) is 4.39 Å². The number of phenolic OH excluding ortho intramolecular Hbond substituents is 1. The van der Waals surface area contributed by atoms with E-state index in [2.05, 4.69) is 5.32 Å². The second-order valence-corrected chi connectivity index (χ2v) is 4.42. The quantitative estimate of drug-likeness (QED) is 0.734. The van der Waals surface area contributed by atoms with Gasteiger partial charge in [-0.05, 0) is 25.8 Å². The van der Waals surface area contributed by atoms with Gasteiger partial charge < -0.3 is 15.5 Å². The molecule has 1 aliphatic carbocycles. The zero-order valence-corrected chi connectivity index (χ0v) is 9.15. The maximum Gasteiger partial charge on any atom is 0.131 e. The number of halogens is 1. The Kier molecular flexibility index (Phi) is 3.12. The van der Waals surface area contributed by atoms with E-state index in [0.717, 1.165) is 18.9 Å². The van der Waals surface area contributed by atoms with Crippen LogP contribution in [0.3, 0.4) is 0 Å². The van der Waals surface area contributed by atoms with E-state index in [0.29, 0.717) is 5.56 Å². The number of rotatable bonds is 3. The Hall–Kier alpha value is -1.13. The molecule has 0 aromatic heterocycles. The molecule has 3 nitrogen and oxygen atoms in total. The lowest BCUT2D eigenvalue weighted by Crippen LogP contribution is -2.45. The Labute approximate surface area is 93.9 Å². The summed E-state index contributed by atoms with van der Waals surface area (Å²) in [5.41, 5.74) is 0.541. The molecule has 1 fully saturated rings. The van der Waals surface area contributed by atoms with Gasteiger partial charge in [-0.15, -0.1) is 0 Å². The normalized spacial score (nSPS) is 26.2. The Morgan fingerprint density at radius 2 is 2.12 bits per heavy atom. The summed E-state index contributed by atoms with van der Waals surface area (Å²) in [7, 11) is 0. The monoisotopic (exact) mass is 225 g/mol. The number of hydrogen-bond acceptors (Lipinski definition) is 3. The molecule has 1 atom stereocenters. The average Bonchev–Trinajstić information content (AvgIpc) is 2.15. The number of aliphatic hydroxyl groups excluding tert-OH is 1. The third-order valence-electron chi connectivity index (χ3n) is 3.05. The van der Waals surface area contributed by atoms with Crippen LogP contribution in [-0.2, 0) is 0 Å². The molecule has 88 valence electrons. The second-order valence-electron chi connectivity index (χ2n) is 4.42. The first kappa shape index (κ1) is 11.4. The van der Waals surface area contributed by atoms with Gasteiger partial charge in [0.05, 0.1) is 6.10 Å². The van der Waals surface area contributed by atoms with Gasteiger partial charge in [-0.1, -0.05) is 6.07 Å². The van der Waals surface area contributed by atoms with Gasteiger partial charge in [-0.3, -0.25) is 0 Å². The number of hydrogen-bond donors (Lipinski definition) is 3. The maximum absolute atomic E-state index is 13.5. The van der Waals surface area contributed by atoms with Crippen LogP contribution in [0.15, 0.2) is 18.2 Å². The predicted molar refractivity (Wildman–Crippen MR) is 58.6 cm³/mol. The lowest BCUT2D eigenvalue weighted by molar-refractivity contribution is 0.0584. The van der Waals surface area contributed by atoms with Crippen LogP contribution in [0, 0.1) is 5.82 Å². The van der Waals surface area contributed by atoms with Crippen molar-refractivity contribution < 1.29 is 14.6 Å². The molecule has 3 N–H and O–H groups in total. The Morgan fingerprint density at radius 1 is 1.44 bits per heavy atom. The van der Waals surface area contributed by atoms with Crippen molar-refractivity contribution in [3.63, 3.8) is 0 Å². The fourth-order valence-corrected chi connectivity index (χ4v) is 2.03. The molecule has 0 radical (unpaired) electrons. The first-order valence-corrected chi connectivity index (χ1v) is 5.49. The van der Waals surface area contributed by atoms with Crippen molar-refractivity contribution in [2.45, 2.75) is 38.0 Å². The zero-order chi connectivity index (χ0) is 11.7. The van der Waals surface area contributed by atoms with Gasteiger partial charge in [0.25, 0.3) is 0 Å². The molecule has 1 aliphatic rings. The molecule has 0 amide bonds. The van der Waals surface area contributed by atoms with Gasteiger partial charge in [0.15, 0.2) is 0 Å². The molecular weight excluding hydrogens is 209 g/mol. The van der Waals surface area contributed by atoms with Gasteiger partial charge in [0.1, 0.15) is 11.6 Å². The minimum atomic E-state index is -0.403. The van der Waals surface area contributed by atoms with Crippen LogP contribution in [-0.4, -0.2) is 22.4 Å². The standard InChI is InChI=1S/C12H16FNO2/c1-7(14-8-4-10(16)5-8)11-3-2-9(15)6-12(11)13/h2-3,6-8,10,14-16H,4-5H2,1H3. The van der Waals surface area contributed by atoms with Crippen molar-refractivity contribution in [1.29, 1.82) is 0 Å². The fraction of sp³-hybridized carbons (Fsp3) is 0.500. The summed E-state index contributed by atoms with van der Waals surface area (Å²) in [6, 6.07) is 4.32. The van der Waals surface area contributed by atoms with E-state index in [9.17, 15) is 4.39 Å². The van der Waals surface area contributed by atoms with Crippen LogP contribution in [0.4, 0.5) is 4.39 Å². The van der Waals surface area contributed by atoms with E-state index >= 15 is 0 Å². The summed E-state index contributed by atoms with van der Waals surface area (Å²) >= 11 is 0. The number of aliphatic hydroxyl groups is 1. The van der Waals surface area contributed by atoms with E-state index in [1.165, 1.54) is 6.07 Å². The largest absolute Gasteiger partial charge is 0.508 e. The minimum Gasteiger partial charge on any atom is -0.508 e. The second kappa shape index (κ2) is 4.39.